The summed E-state index contributed by atoms with van der Waals surface area (Å²) in [6.07, 6.45) is 5.58. The molecule has 1 aliphatic heterocycles. The summed E-state index contributed by atoms with van der Waals surface area (Å²) in [6.45, 7) is 3.18. The number of ether oxygens (including phenoxy) is 1. The lowest BCUT2D eigenvalue weighted by Gasteiger charge is -2.35. The zero-order valence-electron chi connectivity index (χ0n) is 7.83. The molecule has 0 spiro atoms. The predicted molar refractivity (Wildman–Crippen MR) is 48.8 cm³/mol. The quantitative estimate of drug-likeness (QED) is 0.680. The Kier molecular flexibility index (Phi) is 2.37. The monoisotopic (exact) mass is 169 g/mol. The van der Waals surface area contributed by atoms with Crippen molar-refractivity contribution in [2.24, 2.45) is 17.6 Å². The van der Waals surface area contributed by atoms with Gasteiger partial charge < -0.3 is 10.5 Å². The van der Waals surface area contributed by atoms with Gasteiger partial charge in [-0.3, -0.25) is 0 Å². The van der Waals surface area contributed by atoms with E-state index in [2.05, 4.69) is 6.92 Å². The van der Waals surface area contributed by atoms with Crippen LogP contribution in [0.15, 0.2) is 0 Å². The van der Waals surface area contributed by atoms with Crippen LogP contribution < -0.4 is 5.73 Å². The number of hydrogen-bond acceptors (Lipinski definition) is 2. The van der Waals surface area contributed by atoms with Crippen molar-refractivity contribution in [3.8, 4) is 0 Å². The average Bonchev–Trinajstić information content (AvgIpc) is 2.31. The molecule has 0 bridgehead atoms. The fourth-order valence-electron chi connectivity index (χ4n) is 2.30. The summed E-state index contributed by atoms with van der Waals surface area (Å²) >= 11 is 0. The van der Waals surface area contributed by atoms with Gasteiger partial charge in [-0.1, -0.05) is 13.3 Å². The summed E-state index contributed by atoms with van der Waals surface area (Å²) in [5.41, 5.74) is 6.15. The molecular formula is C10H19NO. The standard InChI is InChI=1S/C10H19NO/c1-7-5-6-12-10(7)9(11)8-3-2-4-8/h7-10H,2-6,11H2,1H3. The van der Waals surface area contributed by atoms with Crippen LogP contribution in [0.4, 0.5) is 0 Å². The Morgan fingerprint density at radius 2 is 2.08 bits per heavy atom. The highest BCUT2D eigenvalue weighted by molar-refractivity contribution is 4.90. The molecule has 1 saturated carbocycles. The largest absolute Gasteiger partial charge is 0.376 e. The van der Waals surface area contributed by atoms with Gasteiger partial charge in [-0.15, -0.1) is 0 Å². The number of hydrogen-bond donors (Lipinski definition) is 1. The van der Waals surface area contributed by atoms with Crippen LogP contribution >= 0.6 is 0 Å². The van der Waals surface area contributed by atoms with Gasteiger partial charge in [0, 0.05) is 12.6 Å². The molecule has 2 rings (SSSR count). The van der Waals surface area contributed by atoms with Crippen LogP contribution in [0.5, 0.6) is 0 Å². The van der Waals surface area contributed by atoms with Crippen molar-refractivity contribution in [3.05, 3.63) is 0 Å². The highest BCUT2D eigenvalue weighted by Gasteiger charge is 2.36. The van der Waals surface area contributed by atoms with Crippen molar-refractivity contribution >= 4 is 0 Å². The van der Waals surface area contributed by atoms with Gasteiger partial charge >= 0.3 is 0 Å². The maximum atomic E-state index is 6.15. The molecule has 0 radical (unpaired) electrons. The Morgan fingerprint density at radius 3 is 2.50 bits per heavy atom. The second-order valence-corrected chi connectivity index (χ2v) is 4.37. The third-order valence-electron chi connectivity index (χ3n) is 3.52. The van der Waals surface area contributed by atoms with E-state index in [-0.39, 0.29) is 0 Å². The summed E-state index contributed by atoms with van der Waals surface area (Å²) in [5, 5.41) is 0. The van der Waals surface area contributed by atoms with E-state index >= 15 is 0 Å². The van der Waals surface area contributed by atoms with Gasteiger partial charge in [-0.25, -0.2) is 0 Å². The minimum Gasteiger partial charge on any atom is -0.376 e. The molecule has 1 saturated heterocycles. The van der Waals surface area contributed by atoms with Crippen LogP contribution in [0.2, 0.25) is 0 Å². The Hall–Kier alpha value is -0.0800. The smallest absolute Gasteiger partial charge is 0.0754 e. The minimum absolute atomic E-state index is 0.316. The summed E-state index contributed by atoms with van der Waals surface area (Å²) < 4.78 is 5.66. The molecule has 3 atom stereocenters. The van der Waals surface area contributed by atoms with E-state index in [1.54, 1.807) is 0 Å². The van der Waals surface area contributed by atoms with Gasteiger partial charge in [0.2, 0.25) is 0 Å². The van der Waals surface area contributed by atoms with Crippen molar-refractivity contribution in [3.63, 3.8) is 0 Å². The molecule has 3 unspecified atom stereocenters. The molecule has 0 aromatic heterocycles. The second kappa shape index (κ2) is 3.35. The molecule has 70 valence electrons. The second-order valence-electron chi connectivity index (χ2n) is 4.37. The Morgan fingerprint density at radius 1 is 1.33 bits per heavy atom. The first-order chi connectivity index (χ1) is 5.79. The Labute approximate surface area is 74.5 Å². The van der Waals surface area contributed by atoms with Gasteiger partial charge in [0.1, 0.15) is 0 Å². The van der Waals surface area contributed by atoms with Gasteiger partial charge in [0.25, 0.3) is 0 Å². The fourth-order valence-corrected chi connectivity index (χ4v) is 2.30. The van der Waals surface area contributed by atoms with Crippen LogP contribution in [-0.2, 0) is 4.74 Å². The van der Waals surface area contributed by atoms with E-state index in [0.717, 1.165) is 12.5 Å². The van der Waals surface area contributed by atoms with Crippen molar-refractivity contribution < 1.29 is 4.74 Å². The molecule has 0 aromatic rings. The first-order valence-corrected chi connectivity index (χ1v) is 5.16. The third-order valence-corrected chi connectivity index (χ3v) is 3.52. The van der Waals surface area contributed by atoms with E-state index in [1.165, 1.54) is 25.7 Å². The summed E-state index contributed by atoms with van der Waals surface area (Å²) in [4.78, 5) is 0. The highest BCUT2D eigenvalue weighted by Crippen LogP contribution is 2.34. The fraction of sp³-hybridized carbons (Fsp3) is 1.00. The zero-order valence-corrected chi connectivity index (χ0v) is 7.83. The molecule has 2 N–H and O–H groups in total. The Bertz CT molecular complexity index is 156. The zero-order chi connectivity index (χ0) is 8.55. The van der Waals surface area contributed by atoms with E-state index in [0.29, 0.717) is 18.1 Å². The Balaban J connectivity index is 1.89. The van der Waals surface area contributed by atoms with Crippen LogP contribution in [-0.4, -0.2) is 18.8 Å². The average molecular weight is 169 g/mol. The molecule has 2 aliphatic rings. The first-order valence-electron chi connectivity index (χ1n) is 5.16. The van der Waals surface area contributed by atoms with Gasteiger partial charge in [0.15, 0.2) is 0 Å². The van der Waals surface area contributed by atoms with E-state index in [9.17, 15) is 0 Å². The maximum absolute atomic E-state index is 6.15. The molecule has 1 heterocycles. The molecule has 2 nitrogen and oxygen atoms in total. The van der Waals surface area contributed by atoms with Gasteiger partial charge in [-0.05, 0) is 31.1 Å². The lowest BCUT2D eigenvalue weighted by Crippen LogP contribution is -2.46. The maximum Gasteiger partial charge on any atom is 0.0754 e. The topological polar surface area (TPSA) is 35.2 Å². The van der Waals surface area contributed by atoms with E-state index < -0.39 is 0 Å². The lowest BCUT2D eigenvalue weighted by atomic mass is 9.76. The SMILES string of the molecule is CC1CCOC1C(N)C1CCC1. The minimum atomic E-state index is 0.316. The summed E-state index contributed by atoms with van der Waals surface area (Å²) in [5.74, 6) is 1.44. The summed E-state index contributed by atoms with van der Waals surface area (Å²) in [7, 11) is 0. The van der Waals surface area contributed by atoms with Crippen LogP contribution in [0, 0.1) is 11.8 Å². The van der Waals surface area contributed by atoms with Crippen LogP contribution in [0.3, 0.4) is 0 Å². The first kappa shape index (κ1) is 8.52. The normalized spacial score (nSPS) is 39.5. The van der Waals surface area contributed by atoms with Crippen molar-refractivity contribution in [1.29, 1.82) is 0 Å². The number of rotatable bonds is 2. The molecule has 12 heavy (non-hydrogen) atoms. The summed E-state index contributed by atoms with van der Waals surface area (Å²) in [6, 6.07) is 0.316. The van der Waals surface area contributed by atoms with Crippen molar-refractivity contribution in [2.45, 2.75) is 44.8 Å². The van der Waals surface area contributed by atoms with E-state index in [1.807, 2.05) is 0 Å². The van der Waals surface area contributed by atoms with Crippen LogP contribution in [0.1, 0.15) is 32.6 Å². The third kappa shape index (κ3) is 1.38. The molecule has 2 heteroatoms. The van der Waals surface area contributed by atoms with Gasteiger partial charge in [0.05, 0.1) is 6.10 Å². The predicted octanol–water partition coefficient (Wildman–Crippen LogP) is 1.54. The molecular weight excluding hydrogens is 150 g/mol. The van der Waals surface area contributed by atoms with Gasteiger partial charge in [-0.2, -0.15) is 0 Å². The number of nitrogens with two attached hydrogens (primary N) is 1. The molecule has 1 aliphatic carbocycles. The molecule has 0 aromatic carbocycles. The van der Waals surface area contributed by atoms with Crippen LogP contribution in [0.25, 0.3) is 0 Å². The molecule has 2 fully saturated rings. The van der Waals surface area contributed by atoms with E-state index in [4.69, 9.17) is 10.5 Å². The lowest BCUT2D eigenvalue weighted by molar-refractivity contribution is 0.0392. The molecule has 0 amide bonds. The van der Waals surface area contributed by atoms with Crippen molar-refractivity contribution in [1.82, 2.24) is 0 Å². The van der Waals surface area contributed by atoms with Crippen molar-refractivity contribution in [2.75, 3.05) is 6.61 Å². The highest BCUT2D eigenvalue weighted by atomic mass is 16.5.